The van der Waals surface area contributed by atoms with Crippen molar-refractivity contribution in [1.82, 2.24) is 5.32 Å². The number of anilines is 1. The topological polar surface area (TPSA) is 24.5 Å². The van der Waals surface area contributed by atoms with Gasteiger partial charge in [-0.25, -0.2) is 0 Å². The second-order valence-corrected chi connectivity index (χ2v) is 5.32. The van der Waals surface area contributed by atoms with E-state index in [1.165, 1.54) is 24.1 Å². The highest BCUT2D eigenvalue weighted by Gasteiger charge is 2.13. The molecular formula is C16H26N2O. The summed E-state index contributed by atoms with van der Waals surface area (Å²) >= 11 is 0. The fourth-order valence-electron chi connectivity index (χ4n) is 2.48. The van der Waals surface area contributed by atoms with Crippen LogP contribution in [0.4, 0.5) is 5.69 Å². The van der Waals surface area contributed by atoms with Crippen LogP contribution in [0.1, 0.15) is 25.3 Å². The molecule has 0 radical (unpaired) electrons. The molecule has 0 saturated carbocycles. The quantitative estimate of drug-likeness (QED) is 0.852. The number of aryl methyl sites for hydroxylation is 1. The molecule has 0 amide bonds. The molecule has 0 aromatic heterocycles. The zero-order valence-corrected chi connectivity index (χ0v) is 12.2. The summed E-state index contributed by atoms with van der Waals surface area (Å²) in [6, 6.07) is 8.94. The first kappa shape index (κ1) is 14.4. The van der Waals surface area contributed by atoms with Crippen LogP contribution in [-0.4, -0.2) is 39.4 Å². The van der Waals surface area contributed by atoms with Gasteiger partial charge in [0.25, 0.3) is 0 Å². The number of morpholine rings is 1. The van der Waals surface area contributed by atoms with Crippen LogP contribution in [0.5, 0.6) is 0 Å². The summed E-state index contributed by atoms with van der Waals surface area (Å²) in [7, 11) is 2.16. The number of rotatable bonds is 6. The number of benzene rings is 1. The molecule has 0 bridgehead atoms. The van der Waals surface area contributed by atoms with Gasteiger partial charge in [0.05, 0.1) is 12.7 Å². The number of nitrogens with one attached hydrogen (secondary N) is 1. The van der Waals surface area contributed by atoms with Crippen LogP contribution in [0.3, 0.4) is 0 Å². The second-order valence-electron chi connectivity index (χ2n) is 5.32. The fourth-order valence-corrected chi connectivity index (χ4v) is 2.48. The molecule has 1 aromatic rings. The predicted molar refractivity (Wildman–Crippen MR) is 80.9 cm³/mol. The van der Waals surface area contributed by atoms with E-state index in [2.05, 4.69) is 48.5 Å². The Bertz CT molecular complexity index is 358. The molecule has 1 N–H and O–H groups in total. The van der Waals surface area contributed by atoms with E-state index in [1.54, 1.807) is 0 Å². The van der Waals surface area contributed by atoms with Gasteiger partial charge in [0.2, 0.25) is 0 Å². The average Bonchev–Trinajstić information content (AvgIpc) is 2.47. The minimum Gasteiger partial charge on any atom is -0.376 e. The first-order chi connectivity index (χ1) is 9.29. The second kappa shape index (κ2) is 7.51. The zero-order valence-electron chi connectivity index (χ0n) is 12.2. The normalized spacial score (nSPS) is 19.4. The van der Waals surface area contributed by atoms with Crippen LogP contribution < -0.4 is 10.2 Å². The highest BCUT2D eigenvalue weighted by atomic mass is 16.5. The molecule has 19 heavy (non-hydrogen) atoms. The third-order valence-electron chi connectivity index (χ3n) is 3.71. The molecule has 0 aliphatic carbocycles. The molecule has 1 saturated heterocycles. The van der Waals surface area contributed by atoms with Crippen LogP contribution in [0.2, 0.25) is 0 Å². The van der Waals surface area contributed by atoms with E-state index >= 15 is 0 Å². The standard InChI is InChI=1S/C16H26N2O/c1-3-4-14-5-7-15(8-6-14)18(2)11-9-16-13-17-10-12-19-16/h5-8,16-17H,3-4,9-13H2,1-2H3. The highest BCUT2D eigenvalue weighted by Crippen LogP contribution is 2.16. The van der Waals surface area contributed by atoms with Gasteiger partial charge in [-0.2, -0.15) is 0 Å². The Hall–Kier alpha value is -1.06. The Kier molecular flexibility index (Phi) is 5.67. The molecular weight excluding hydrogens is 236 g/mol. The highest BCUT2D eigenvalue weighted by molar-refractivity contribution is 5.46. The Morgan fingerprint density at radius 3 is 2.74 bits per heavy atom. The third-order valence-corrected chi connectivity index (χ3v) is 3.71. The third kappa shape index (κ3) is 4.51. The van der Waals surface area contributed by atoms with Crippen LogP contribution >= 0.6 is 0 Å². The molecule has 106 valence electrons. The maximum Gasteiger partial charge on any atom is 0.0716 e. The summed E-state index contributed by atoms with van der Waals surface area (Å²) in [4.78, 5) is 2.31. The van der Waals surface area contributed by atoms with Gasteiger partial charge in [-0.1, -0.05) is 25.5 Å². The molecule has 1 heterocycles. The number of ether oxygens (including phenoxy) is 1. The molecule has 3 nitrogen and oxygen atoms in total. The van der Waals surface area contributed by atoms with E-state index in [0.717, 1.165) is 32.7 Å². The summed E-state index contributed by atoms with van der Waals surface area (Å²) in [5.41, 5.74) is 2.73. The van der Waals surface area contributed by atoms with Crippen molar-refractivity contribution in [3.05, 3.63) is 29.8 Å². The lowest BCUT2D eigenvalue weighted by Crippen LogP contribution is -2.40. The lowest BCUT2D eigenvalue weighted by atomic mass is 10.1. The molecule has 1 fully saturated rings. The van der Waals surface area contributed by atoms with Gasteiger partial charge in [-0.05, 0) is 30.5 Å². The van der Waals surface area contributed by atoms with Crippen LogP contribution in [0, 0.1) is 0 Å². The Balaban J connectivity index is 1.79. The van der Waals surface area contributed by atoms with Gasteiger partial charge in [0.15, 0.2) is 0 Å². The number of hydrogen-bond acceptors (Lipinski definition) is 3. The molecule has 0 spiro atoms. The number of hydrogen-bond donors (Lipinski definition) is 1. The fraction of sp³-hybridized carbons (Fsp3) is 0.625. The van der Waals surface area contributed by atoms with Crippen molar-refractivity contribution in [1.29, 1.82) is 0 Å². The van der Waals surface area contributed by atoms with E-state index in [1.807, 2.05) is 0 Å². The van der Waals surface area contributed by atoms with E-state index in [9.17, 15) is 0 Å². The van der Waals surface area contributed by atoms with Crippen molar-refractivity contribution in [2.75, 3.05) is 38.2 Å². The predicted octanol–water partition coefficient (Wildman–Crippen LogP) is 2.45. The molecule has 1 atom stereocenters. The van der Waals surface area contributed by atoms with Gasteiger partial charge in [0.1, 0.15) is 0 Å². The lowest BCUT2D eigenvalue weighted by molar-refractivity contribution is 0.0250. The first-order valence-electron chi connectivity index (χ1n) is 7.42. The molecule has 3 heteroatoms. The monoisotopic (exact) mass is 262 g/mol. The molecule has 1 aliphatic rings. The van der Waals surface area contributed by atoms with Gasteiger partial charge < -0.3 is 15.0 Å². The van der Waals surface area contributed by atoms with E-state index in [0.29, 0.717) is 6.10 Å². The van der Waals surface area contributed by atoms with Crippen LogP contribution in [0.25, 0.3) is 0 Å². The molecule has 1 aliphatic heterocycles. The minimum absolute atomic E-state index is 0.371. The van der Waals surface area contributed by atoms with Crippen molar-refractivity contribution in [3.63, 3.8) is 0 Å². The maximum absolute atomic E-state index is 5.73. The van der Waals surface area contributed by atoms with Crippen molar-refractivity contribution in [2.24, 2.45) is 0 Å². The van der Waals surface area contributed by atoms with Crippen molar-refractivity contribution in [2.45, 2.75) is 32.3 Å². The Morgan fingerprint density at radius 2 is 2.11 bits per heavy atom. The van der Waals surface area contributed by atoms with Gasteiger partial charge in [0, 0.05) is 32.4 Å². The van der Waals surface area contributed by atoms with E-state index in [4.69, 9.17) is 4.74 Å². The molecule has 1 unspecified atom stereocenters. The summed E-state index contributed by atoms with van der Waals surface area (Å²) < 4.78 is 5.73. The zero-order chi connectivity index (χ0) is 13.5. The molecule has 1 aromatic carbocycles. The van der Waals surface area contributed by atoms with Gasteiger partial charge >= 0.3 is 0 Å². The summed E-state index contributed by atoms with van der Waals surface area (Å²) in [6.45, 7) is 6.09. The summed E-state index contributed by atoms with van der Waals surface area (Å²) in [5, 5.41) is 3.38. The van der Waals surface area contributed by atoms with Gasteiger partial charge in [-0.15, -0.1) is 0 Å². The van der Waals surface area contributed by atoms with Crippen molar-refractivity contribution < 1.29 is 4.74 Å². The smallest absolute Gasteiger partial charge is 0.0716 e. The lowest BCUT2D eigenvalue weighted by Gasteiger charge is -2.26. The van der Waals surface area contributed by atoms with Crippen molar-refractivity contribution in [3.8, 4) is 0 Å². The summed E-state index contributed by atoms with van der Waals surface area (Å²) in [6.07, 6.45) is 3.84. The van der Waals surface area contributed by atoms with Crippen molar-refractivity contribution >= 4 is 5.69 Å². The first-order valence-corrected chi connectivity index (χ1v) is 7.42. The molecule has 2 rings (SSSR count). The summed E-state index contributed by atoms with van der Waals surface area (Å²) in [5.74, 6) is 0. The van der Waals surface area contributed by atoms with Crippen LogP contribution in [0.15, 0.2) is 24.3 Å². The van der Waals surface area contributed by atoms with Crippen LogP contribution in [-0.2, 0) is 11.2 Å². The Labute approximate surface area is 116 Å². The number of nitrogens with zero attached hydrogens (tertiary/aromatic N) is 1. The van der Waals surface area contributed by atoms with E-state index < -0.39 is 0 Å². The average molecular weight is 262 g/mol. The van der Waals surface area contributed by atoms with E-state index in [-0.39, 0.29) is 0 Å². The largest absolute Gasteiger partial charge is 0.376 e. The SMILES string of the molecule is CCCc1ccc(N(C)CCC2CNCCO2)cc1. The Morgan fingerprint density at radius 1 is 1.32 bits per heavy atom. The van der Waals surface area contributed by atoms with Gasteiger partial charge in [-0.3, -0.25) is 0 Å². The minimum atomic E-state index is 0.371. The maximum atomic E-state index is 5.73.